The SMILES string of the molecule is COc1ccc(CCNC(=O)COc2ccccc2C(F)(F)F)cc1. The maximum absolute atomic E-state index is 12.8. The molecule has 1 N–H and O–H groups in total. The van der Waals surface area contributed by atoms with Gasteiger partial charge in [0.25, 0.3) is 5.91 Å². The molecule has 134 valence electrons. The number of para-hydroxylation sites is 1. The number of nitrogens with one attached hydrogen (secondary N) is 1. The van der Waals surface area contributed by atoms with Crippen LogP contribution >= 0.6 is 0 Å². The van der Waals surface area contributed by atoms with Crippen LogP contribution in [0.1, 0.15) is 11.1 Å². The molecule has 1 amide bonds. The lowest BCUT2D eigenvalue weighted by Crippen LogP contribution is -2.30. The van der Waals surface area contributed by atoms with Crippen LogP contribution in [0.5, 0.6) is 11.5 Å². The van der Waals surface area contributed by atoms with Crippen molar-refractivity contribution < 1.29 is 27.4 Å². The molecule has 2 rings (SSSR count). The highest BCUT2D eigenvalue weighted by molar-refractivity contribution is 5.77. The van der Waals surface area contributed by atoms with Gasteiger partial charge in [0.05, 0.1) is 12.7 Å². The van der Waals surface area contributed by atoms with Crippen LogP contribution in [0.3, 0.4) is 0 Å². The van der Waals surface area contributed by atoms with E-state index in [1.54, 1.807) is 7.11 Å². The number of hydrogen-bond donors (Lipinski definition) is 1. The highest BCUT2D eigenvalue weighted by atomic mass is 19.4. The van der Waals surface area contributed by atoms with E-state index in [4.69, 9.17) is 9.47 Å². The fourth-order valence-corrected chi connectivity index (χ4v) is 2.16. The fraction of sp³-hybridized carbons (Fsp3) is 0.278. The van der Waals surface area contributed by atoms with Crippen molar-refractivity contribution in [2.75, 3.05) is 20.3 Å². The van der Waals surface area contributed by atoms with Gasteiger partial charge in [-0.2, -0.15) is 13.2 Å². The first-order valence-electron chi connectivity index (χ1n) is 7.59. The van der Waals surface area contributed by atoms with Crippen molar-refractivity contribution in [2.24, 2.45) is 0 Å². The van der Waals surface area contributed by atoms with Crippen molar-refractivity contribution in [3.8, 4) is 11.5 Å². The molecule has 0 aliphatic rings. The highest BCUT2D eigenvalue weighted by Gasteiger charge is 2.34. The smallest absolute Gasteiger partial charge is 0.419 e. The van der Waals surface area contributed by atoms with Crippen LogP contribution in [0.15, 0.2) is 48.5 Å². The molecule has 25 heavy (non-hydrogen) atoms. The number of alkyl halides is 3. The Hall–Kier alpha value is -2.70. The molecule has 0 saturated carbocycles. The van der Waals surface area contributed by atoms with Gasteiger partial charge in [-0.1, -0.05) is 24.3 Å². The largest absolute Gasteiger partial charge is 0.497 e. The number of carbonyl (C=O) groups is 1. The summed E-state index contributed by atoms with van der Waals surface area (Å²) in [6, 6.07) is 12.2. The Bertz CT molecular complexity index is 699. The van der Waals surface area contributed by atoms with Gasteiger partial charge in [-0.3, -0.25) is 4.79 Å². The van der Waals surface area contributed by atoms with Gasteiger partial charge >= 0.3 is 6.18 Å². The molecule has 0 bridgehead atoms. The monoisotopic (exact) mass is 353 g/mol. The number of carbonyl (C=O) groups excluding carboxylic acids is 1. The second-order valence-corrected chi connectivity index (χ2v) is 5.23. The minimum Gasteiger partial charge on any atom is -0.497 e. The van der Waals surface area contributed by atoms with Gasteiger partial charge in [0.2, 0.25) is 0 Å². The van der Waals surface area contributed by atoms with Crippen LogP contribution in [0, 0.1) is 0 Å². The number of methoxy groups -OCH3 is 1. The third-order valence-electron chi connectivity index (χ3n) is 3.45. The maximum Gasteiger partial charge on any atom is 0.419 e. The molecule has 0 atom stereocenters. The van der Waals surface area contributed by atoms with Crippen LogP contribution in [-0.2, 0) is 17.4 Å². The van der Waals surface area contributed by atoms with Crippen molar-refractivity contribution in [3.63, 3.8) is 0 Å². The highest BCUT2D eigenvalue weighted by Crippen LogP contribution is 2.35. The van der Waals surface area contributed by atoms with E-state index in [2.05, 4.69) is 5.32 Å². The van der Waals surface area contributed by atoms with E-state index in [9.17, 15) is 18.0 Å². The van der Waals surface area contributed by atoms with Crippen LogP contribution in [0.2, 0.25) is 0 Å². The van der Waals surface area contributed by atoms with E-state index >= 15 is 0 Å². The zero-order chi connectivity index (χ0) is 18.3. The zero-order valence-corrected chi connectivity index (χ0v) is 13.6. The number of ether oxygens (including phenoxy) is 2. The second-order valence-electron chi connectivity index (χ2n) is 5.23. The van der Waals surface area contributed by atoms with E-state index in [0.29, 0.717) is 13.0 Å². The quantitative estimate of drug-likeness (QED) is 0.829. The average molecular weight is 353 g/mol. The van der Waals surface area contributed by atoms with Gasteiger partial charge in [0, 0.05) is 6.54 Å². The minimum atomic E-state index is -4.53. The van der Waals surface area contributed by atoms with E-state index in [1.807, 2.05) is 24.3 Å². The van der Waals surface area contributed by atoms with Crippen molar-refractivity contribution in [1.82, 2.24) is 5.32 Å². The lowest BCUT2D eigenvalue weighted by molar-refractivity contribution is -0.139. The first-order chi connectivity index (χ1) is 11.9. The van der Waals surface area contributed by atoms with Crippen molar-refractivity contribution >= 4 is 5.91 Å². The third kappa shape index (κ3) is 5.70. The number of benzene rings is 2. The predicted molar refractivity (Wildman–Crippen MR) is 86.6 cm³/mol. The summed E-state index contributed by atoms with van der Waals surface area (Å²) in [5.74, 6) is -0.102. The molecule has 2 aromatic carbocycles. The lowest BCUT2D eigenvalue weighted by Gasteiger charge is -2.13. The molecule has 0 spiro atoms. The summed E-state index contributed by atoms with van der Waals surface area (Å²) in [7, 11) is 1.58. The molecule has 0 saturated heterocycles. The van der Waals surface area contributed by atoms with Gasteiger partial charge < -0.3 is 14.8 Å². The Morgan fingerprint density at radius 3 is 2.40 bits per heavy atom. The van der Waals surface area contributed by atoms with Crippen molar-refractivity contribution in [2.45, 2.75) is 12.6 Å². The molecule has 0 aliphatic heterocycles. The molecule has 4 nitrogen and oxygen atoms in total. The Labute approximate surface area is 143 Å². The minimum absolute atomic E-state index is 0.357. The van der Waals surface area contributed by atoms with Crippen LogP contribution in [0.25, 0.3) is 0 Å². The van der Waals surface area contributed by atoms with Crippen LogP contribution in [-0.4, -0.2) is 26.2 Å². The molecule has 2 aromatic rings. The Morgan fingerprint density at radius 2 is 1.76 bits per heavy atom. The van der Waals surface area contributed by atoms with E-state index in [1.165, 1.54) is 18.2 Å². The topological polar surface area (TPSA) is 47.6 Å². The maximum atomic E-state index is 12.8. The summed E-state index contributed by atoms with van der Waals surface area (Å²) >= 11 is 0. The normalized spacial score (nSPS) is 11.0. The van der Waals surface area contributed by atoms with Crippen LogP contribution in [0.4, 0.5) is 13.2 Å². The standard InChI is InChI=1S/C18H18F3NO3/c1-24-14-8-6-13(7-9-14)10-11-22-17(23)12-25-16-5-3-2-4-15(16)18(19,20)21/h2-9H,10-12H2,1H3,(H,22,23). The Morgan fingerprint density at radius 1 is 1.08 bits per heavy atom. The van der Waals surface area contributed by atoms with Crippen molar-refractivity contribution in [3.05, 3.63) is 59.7 Å². The number of amides is 1. The summed E-state index contributed by atoms with van der Waals surface area (Å²) in [5, 5.41) is 2.61. The molecule has 0 radical (unpaired) electrons. The van der Waals surface area contributed by atoms with E-state index in [-0.39, 0.29) is 5.75 Å². The molecule has 0 fully saturated rings. The van der Waals surface area contributed by atoms with Crippen molar-refractivity contribution in [1.29, 1.82) is 0 Å². The zero-order valence-electron chi connectivity index (χ0n) is 13.6. The van der Waals surface area contributed by atoms with Gasteiger partial charge in [0.15, 0.2) is 6.61 Å². The first-order valence-corrected chi connectivity index (χ1v) is 7.59. The Balaban J connectivity index is 1.79. The van der Waals surface area contributed by atoms with E-state index < -0.39 is 24.3 Å². The predicted octanol–water partition coefficient (Wildman–Crippen LogP) is 3.45. The fourth-order valence-electron chi connectivity index (χ4n) is 2.16. The number of halogens is 3. The number of hydrogen-bond acceptors (Lipinski definition) is 3. The average Bonchev–Trinajstić information content (AvgIpc) is 2.60. The third-order valence-corrected chi connectivity index (χ3v) is 3.45. The second kappa shape index (κ2) is 8.41. The van der Waals surface area contributed by atoms with Gasteiger partial charge in [0.1, 0.15) is 11.5 Å². The molecular weight excluding hydrogens is 335 g/mol. The van der Waals surface area contributed by atoms with Crippen LogP contribution < -0.4 is 14.8 Å². The molecule has 0 unspecified atom stereocenters. The summed E-state index contributed by atoms with van der Waals surface area (Å²) in [6.07, 6.45) is -3.93. The van der Waals surface area contributed by atoms with Gasteiger partial charge in [-0.05, 0) is 36.2 Å². The summed E-state index contributed by atoms with van der Waals surface area (Å²) in [6.45, 7) is -0.120. The first kappa shape index (κ1) is 18.6. The molecule has 0 aromatic heterocycles. The summed E-state index contributed by atoms with van der Waals surface area (Å²) < 4.78 is 48.5. The molecule has 0 heterocycles. The van der Waals surface area contributed by atoms with Gasteiger partial charge in [-0.15, -0.1) is 0 Å². The van der Waals surface area contributed by atoms with Gasteiger partial charge in [-0.25, -0.2) is 0 Å². The summed E-state index contributed by atoms with van der Waals surface area (Å²) in [4.78, 5) is 11.7. The summed E-state index contributed by atoms with van der Waals surface area (Å²) in [5.41, 5.74) is 0.102. The number of rotatable bonds is 7. The molecule has 7 heteroatoms. The molecule has 0 aliphatic carbocycles. The van der Waals surface area contributed by atoms with E-state index in [0.717, 1.165) is 17.4 Å². The molecular formula is C18H18F3NO3. The Kier molecular flexibility index (Phi) is 6.27. The lowest BCUT2D eigenvalue weighted by atomic mass is 10.1.